The Bertz CT molecular complexity index is 594. The van der Waals surface area contributed by atoms with Crippen LogP contribution in [0.15, 0.2) is 12.2 Å². The van der Waals surface area contributed by atoms with Crippen molar-refractivity contribution in [3.8, 4) is 11.8 Å². The number of esters is 1. The second kappa shape index (κ2) is 11.7. The van der Waals surface area contributed by atoms with Crippen molar-refractivity contribution in [2.24, 2.45) is 11.8 Å². The molecule has 1 aliphatic heterocycles. The van der Waals surface area contributed by atoms with Crippen molar-refractivity contribution in [3.05, 3.63) is 12.2 Å². The number of carbonyl (C=O) groups is 3. The minimum atomic E-state index is -0.275. The van der Waals surface area contributed by atoms with E-state index in [9.17, 15) is 14.4 Å². The number of aldehydes is 1. The van der Waals surface area contributed by atoms with E-state index in [1.807, 2.05) is 0 Å². The van der Waals surface area contributed by atoms with Crippen molar-refractivity contribution in [1.82, 2.24) is 0 Å². The molecule has 2 fully saturated rings. The van der Waals surface area contributed by atoms with E-state index in [0.717, 1.165) is 19.3 Å². The molecule has 4 atom stereocenters. The lowest BCUT2D eigenvalue weighted by molar-refractivity contribution is -0.192. The highest BCUT2D eigenvalue weighted by atomic mass is 16.7. The van der Waals surface area contributed by atoms with E-state index in [1.165, 1.54) is 13.2 Å². The highest BCUT2D eigenvalue weighted by Gasteiger charge is 2.42. The van der Waals surface area contributed by atoms with Gasteiger partial charge in [0, 0.05) is 44.1 Å². The van der Waals surface area contributed by atoms with E-state index in [-0.39, 0.29) is 36.0 Å². The fourth-order valence-corrected chi connectivity index (χ4v) is 3.49. The zero-order valence-electron chi connectivity index (χ0n) is 15.9. The van der Waals surface area contributed by atoms with Crippen molar-refractivity contribution in [2.45, 2.75) is 63.8 Å². The van der Waals surface area contributed by atoms with Gasteiger partial charge in [0.1, 0.15) is 12.1 Å². The molecular weight excluding hydrogens is 348 g/mol. The number of carbonyl (C=O) groups excluding carboxylic acids is 3. The number of ether oxygens (including phenoxy) is 3. The number of methoxy groups -OCH3 is 1. The van der Waals surface area contributed by atoms with E-state index >= 15 is 0 Å². The summed E-state index contributed by atoms with van der Waals surface area (Å²) < 4.78 is 16.2. The quantitative estimate of drug-likeness (QED) is 0.213. The standard InChI is InChI=1S/C21H28O6/c1-25-20(24)11-5-3-2-4-9-16-17(10-8-13-22)19(15-18(16)23)27-21-12-6-7-14-26-21/h8,10,13,16-17,19,21H,3,5-7,9,11-12,14-15H2,1H3/t16-,17-,19-,21?/m1/s1. The monoisotopic (exact) mass is 376 g/mol. The lowest BCUT2D eigenvalue weighted by Crippen LogP contribution is -2.30. The van der Waals surface area contributed by atoms with Crippen molar-refractivity contribution in [2.75, 3.05) is 13.7 Å². The fourth-order valence-electron chi connectivity index (χ4n) is 3.49. The molecule has 0 aromatic carbocycles. The molecule has 148 valence electrons. The van der Waals surface area contributed by atoms with Gasteiger partial charge >= 0.3 is 5.97 Å². The van der Waals surface area contributed by atoms with E-state index in [1.54, 1.807) is 6.08 Å². The van der Waals surface area contributed by atoms with Crippen LogP contribution in [0.2, 0.25) is 0 Å². The number of ketones is 1. The van der Waals surface area contributed by atoms with E-state index in [2.05, 4.69) is 16.6 Å². The van der Waals surface area contributed by atoms with Crippen LogP contribution in [0, 0.1) is 23.7 Å². The third-order valence-electron chi connectivity index (χ3n) is 4.94. The molecule has 0 bridgehead atoms. The Morgan fingerprint density at radius 3 is 2.89 bits per heavy atom. The summed E-state index contributed by atoms with van der Waals surface area (Å²) in [7, 11) is 1.36. The molecule has 2 rings (SSSR count). The number of unbranched alkanes of at least 4 members (excludes halogenated alkanes) is 1. The largest absolute Gasteiger partial charge is 0.469 e. The van der Waals surface area contributed by atoms with Gasteiger partial charge < -0.3 is 14.2 Å². The number of hydrogen-bond acceptors (Lipinski definition) is 6. The van der Waals surface area contributed by atoms with Gasteiger partial charge in [0.05, 0.1) is 13.2 Å². The minimum absolute atomic E-state index is 0.111. The Morgan fingerprint density at radius 1 is 1.33 bits per heavy atom. The highest BCUT2D eigenvalue weighted by Crippen LogP contribution is 2.36. The lowest BCUT2D eigenvalue weighted by Gasteiger charge is -2.28. The summed E-state index contributed by atoms with van der Waals surface area (Å²) in [5, 5.41) is 0. The van der Waals surface area contributed by atoms with Crippen LogP contribution >= 0.6 is 0 Å². The smallest absolute Gasteiger partial charge is 0.305 e. The van der Waals surface area contributed by atoms with E-state index in [4.69, 9.17) is 9.47 Å². The van der Waals surface area contributed by atoms with Crippen LogP contribution in [0.1, 0.15) is 51.4 Å². The average molecular weight is 376 g/mol. The number of allylic oxidation sites excluding steroid dienone is 1. The summed E-state index contributed by atoms with van der Waals surface area (Å²) in [5.74, 6) is 5.49. The first-order valence-electron chi connectivity index (χ1n) is 9.60. The van der Waals surface area contributed by atoms with Crippen LogP contribution in [0.4, 0.5) is 0 Å². The number of rotatable bonds is 8. The predicted octanol–water partition coefficient (Wildman–Crippen LogP) is 2.60. The lowest BCUT2D eigenvalue weighted by atomic mass is 9.91. The van der Waals surface area contributed by atoms with Gasteiger partial charge in [-0.25, -0.2) is 0 Å². The van der Waals surface area contributed by atoms with Crippen LogP contribution in [0.5, 0.6) is 0 Å². The van der Waals surface area contributed by atoms with Crippen LogP contribution in [-0.4, -0.2) is 44.1 Å². The topological polar surface area (TPSA) is 78.9 Å². The first-order chi connectivity index (χ1) is 13.2. The van der Waals surface area contributed by atoms with E-state index in [0.29, 0.717) is 45.0 Å². The molecule has 1 saturated heterocycles. The SMILES string of the molecule is COC(=O)CCCC#CC[C@H]1C(=O)C[C@@H](OC2CCCCO2)[C@@H]1C=CC=O. The van der Waals surface area contributed by atoms with Gasteiger partial charge in [-0.3, -0.25) is 14.4 Å². The van der Waals surface area contributed by atoms with Crippen LogP contribution in [0.3, 0.4) is 0 Å². The molecule has 0 aromatic rings. The summed E-state index contributed by atoms with van der Waals surface area (Å²) in [4.78, 5) is 34.3. The number of Topliss-reactive ketones (excluding diaryl/α,β-unsaturated/α-hetero) is 1. The summed E-state index contributed by atoms with van der Waals surface area (Å²) in [6.45, 7) is 0.681. The fraction of sp³-hybridized carbons (Fsp3) is 0.667. The molecule has 1 unspecified atom stereocenters. The van der Waals surface area contributed by atoms with Gasteiger partial charge in [0.2, 0.25) is 0 Å². The Balaban J connectivity index is 1.90. The molecule has 6 nitrogen and oxygen atoms in total. The zero-order valence-corrected chi connectivity index (χ0v) is 15.9. The molecule has 2 aliphatic rings. The Morgan fingerprint density at radius 2 is 2.19 bits per heavy atom. The van der Waals surface area contributed by atoms with Gasteiger partial charge in [0.25, 0.3) is 0 Å². The summed E-state index contributed by atoms with van der Waals surface area (Å²) in [6.07, 6.45) is 8.59. The molecule has 0 amide bonds. The molecule has 1 heterocycles. The Kier molecular flexibility index (Phi) is 9.23. The van der Waals surface area contributed by atoms with Gasteiger partial charge in [0.15, 0.2) is 6.29 Å². The maximum absolute atomic E-state index is 12.5. The maximum atomic E-state index is 12.5. The van der Waals surface area contributed by atoms with Crippen molar-refractivity contribution >= 4 is 18.0 Å². The van der Waals surface area contributed by atoms with Crippen LogP contribution < -0.4 is 0 Å². The first kappa shape index (κ1) is 21.3. The zero-order chi connectivity index (χ0) is 19.5. The Labute approximate surface area is 160 Å². The second-order valence-electron chi connectivity index (χ2n) is 6.83. The molecule has 27 heavy (non-hydrogen) atoms. The predicted molar refractivity (Wildman–Crippen MR) is 98.5 cm³/mol. The minimum Gasteiger partial charge on any atom is -0.469 e. The summed E-state index contributed by atoms with van der Waals surface area (Å²) in [6, 6.07) is 0. The number of hydrogen-bond donors (Lipinski definition) is 0. The van der Waals surface area contributed by atoms with E-state index < -0.39 is 0 Å². The van der Waals surface area contributed by atoms with Gasteiger partial charge in [-0.2, -0.15) is 0 Å². The average Bonchev–Trinajstić information content (AvgIpc) is 2.97. The summed E-state index contributed by atoms with van der Waals surface area (Å²) >= 11 is 0. The third-order valence-corrected chi connectivity index (χ3v) is 4.94. The molecule has 1 aliphatic carbocycles. The maximum Gasteiger partial charge on any atom is 0.305 e. The molecule has 6 heteroatoms. The normalized spacial score (nSPS) is 28.0. The summed E-state index contributed by atoms with van der Waals surface area (Å²) in [5.41, 5.74) is 0. The third kappa shape index (κ3) is 6.93. The second-order valence-corrected chi connectivity index (χ2v) is 6.83. The van der Waals surface area contributed by atoms with Crippen molar-refractivity contribution in [1.29, 1.82) is 0 Å². The van der Waals surface area contributed by atoms with Crippen LogP contribution in [0.25, 0.3) is 0 Å². The molecule has 0 N–H and O–H groups in total. The van der Waals surface area contributed by atoms with Gasteiger partial charge in [-0.05, 0) is 31.8 Å². The molecule has 0 aromatic heterocycles. The first-order valence-corrected chi connectivity index (χ1v) is 9.60. The van der Waals surface area contributed by atoms with Gasteiger partial charge in [-0.1, -0.05) is 6.08 Å². The molecule has 0 radical (unpaired) electrons. The van der Waals surface area contributed by atoms with Gasteiger partial charge in [-0.15, -0.1) is 11.8 Å². The molecule has 1 saturated carbocycles. The Hall–Kier alpha value is -1.97. The molecule has 0 spiro atoms. The van der Waals surface area contributed by atoms with Crippen molar-refractivity contribution < 1.29 is 28.6 Å². The van der Waals surface area contributed by atoms with Crippen molar-refractivity contribution in [3.63, 3.8) is 0 Å². The molecular formula is C21H28O6. The highest BCUT2D eigenvalue weighted by molar-refractivity contribution is 5.85. The van der Waals surface area contributed by atoms with Crippen LogP contribution in [-0.2, 0) is 28.6 Å².